The average Bonchev–Trinajstić information content (AvgIpc) is 2.51. The molecule has 0 aliphatic rings. The lowest BCUT2D eigenvalue weighted by molar-refractivity contribution is -0.134. The minimum absolute atomic E-state index is 0.00413. The highest BCUT2D eigenvalue weighted by Crippen LogP contribution is 2.11. The number of allylic oxidation sites excluding steroid dienone is 1. The van der Waals surface area contributed by atoms with E-state index in [-0.39, 0.29) is 12.5 Å². The fourth-order valence-corrected chi connectivity index (χ4v) is 2.83. The Morgan fingerprint density at radius 3 is 2.32 bits per heavy atom. The minimum atomic E-state index is -4.67. The summed E-state index contributed by atoms with van der Waals surface area (Å²) < 4.78 is 32.8. The molecule has 1 unspecified atom stereocenters. The molecule has 0 aromatic carbocycles. The zero-order valence-corrected chi connectivity index (χ0v) is 16.2. The molecule has 6 nitrogen and oxygen atoms in total. The number of unbranched alkanes of at least 4 members (excludes halogenated alkanes) is 8. The first-order chi connectivity index (χ1) is 11.8. The molecule has 1 atom stereocenters. The van der Waals surface area contributed by atoms with E-state index in [0.717, 1.165) is 51.4 Å². The van der Waals surface area contributed by atoms with Crippen LogP contribution in [0.4, 0.5) is 0 Å². The highest BCUT2D eigenvalue weighted by Gasteiger charge is 2.12. The van der Waals surface area contributed by atoms with Crippen molar-refractivity contribution in [1.82, 2.24) is 0 Å². The molecule has 25 heavy (non-hydrogen) atoms. The van der Waals surface area contributed by atoms with Crippen LogP contribution in [0.25, 0.3) is 0 Å². The molecule has 0 spiro atoms. The topological polar surface area (TPSA) is 101 Å². The smallest absolute Gasteiger partial charge is 0.393 e. The van der Waals surface area contributed by atoms with Crippen LogP contribution in [0.1, 0.15) is 90.4 Å². The predicted octanol–water partition coefficient (Wildman–Crippen LogP) is 4.34. The molecule has 0 saturated heterocycles. The number of aliphatic hydroxyl groups is 1. The molecule has 0 aliphatic heterocycles. The summed E-state index contributed by atoms with van der Waals surface area (Å²) in [7, 11) is -4.67. The number of hydrogen-bond donors (Lipinski definition) is 2. The molecule has 0 amide bonds. The first-order valence-corrected chi connectivity index (χ1v) is 10.7. The average molecular weight is 379 g/mol. The predicted molar refractivity (Wildman–Crippen MR) is 98.5 cm³/mol. The Morgan fingerprint density at radius 1 is 1.00 bits per heavy atom. The molecule has 0 aliphatic carbocycles. The fourth-order valence-electron chi connectivity index (χ4n) is 2.52. The molecule has 0 radical (unpaired) electrons. The highest BCUT2D eigenvalue weighted by atomic mass is 32.3. The van der Waals surface area contributed by atoms with Crippen LogP contribution in [-0.2, 0) is 19.4 Å². The van der Waals surface area contributed by atoms with Crippen LogP contribution >= 0.6 is 0 Å². The summed E-state index contributed by atoms with van der Waals surface area (Å²) in [6.45, 7) is 2.18. The fraction of sp³-hybridized carbons (Fsp3) is 0.833. The molecule has 0 aromatic heterocycles. The van der Waals surface area contributed by atoms with Gasteiger partial charge in [-0.1, -0.05) is 64.0 Å². The number of carbonyl (C=O) groups is 1. The zero-order chi connectivity index (χ0) is 19.0. The van der Waals surface area contributed by atoms with Crippen LogP contribution < -0.4 is 0 Å². The van der Waals surface area contributed by atoms with Crippen molar-refractivity contribution >= 4 is 16.4 Å². The van der Waals surface area contributed by atoms with Crippen LogP contribution in [0.3, 0.4) is 0 Å². The van der Waals surface area contributed by atoms with Gasteiger partial charge in [0.1, 0.15) is 0 Å². The summed E-state index contributed by atoms with van der Waals surface area (Å²) in [5, 5.41) is 9.82. The van der Waals surface area contributed by atoms with E-state index < -0.39 is 16.4 Å². The maximum Gasteiger partial charge on any atom is 0.448 e. The molecule has 0 rings (SSSR count). The Balaban J connectivity index is 3.41. The molecule has 2 N–H and O–H groups in total. The summed E-state index contributed by atoms with van der Waals surface area (Å²) in [6, 6.07) is 0. The van der Waals surface area contributed by atoms with Crippen molar-refractivity contribution in [2.24, 2.45) is 0 Å². The molecule has 0 heterocycles. The lowest BCUT2D eigenvalue weighted by Gasteiger charge is -2.07. The normalized spacial score (nSPS) is 13.2. The third-order valence-electron chi connectivity index (χ3n) is 3.92. The van der Waals surface area contributed by atoms with Gasteiger partial charge >= 0.3 is 16.4 Å². The number of rotatable bonds is 16. The molecule has 0 fully saturated rings. The molecule has 7 heteroatoms. The second kappa shape index (κ2) is 15.3. The van der Waals surface area contributed by atoms with Crippen molar-refractivity contribution < 1.29 is 27.1 Å². The van der Waals surface area contributed by atoms with Gasteiger partial charge in [0.15, 0.2) is 0 Å². The standard InChI is InChI=1S/C18H34O6S/c1-2-3-4-11-14-17(19)15-12-9-7-5-6-8-10-13-16-18(20)24-25(21,22)23/h9,12,17,19H,2-8,10-11,13-16H2,1H3,(H,21,22,23)/b12-9-. The number of carbonyl (C=O) groups excluding carboxylic acids is 1. The maximum atomic E-state index is 11.0. The van der Waals surface area contributed by atoms with Crippen molar-refractivity contribution in [3.05, 3.63) is 12.2 Å². The van der Waals surface area contributed by atoms with Crippen molar-refractivity contribution in [2.75, 3.05) is 0 Å². The Bertz CT molecular complexity index is 458. The van der Waals surface area contributed by atoms with Gasteiger partial charge in [0.05, 0.1) is 6.10 Å². The second-order valence-electron chi connectivity index (χ2n) is 6.40. The summed E-state index contributed by atoms with van der Waals surface area (Å²) in [6.07, 6.45) is 15.7. The second-order valence-corrected chi connectivity index (χ2v) is 7.42. The molecular formula is C18H34O6S. The van der Waals surface area contributed by atoms with Crippen molar-refractivity contribution in [3.63, 3.8) is 0 Å². The van der Waals surface area contributed by atoms with Gasteiger partial charge in [0.25, 0.3) is 0 Å². The molecule has 148 valence electrons. The van der Waals surface area contributed by atoms with Crippen LogP contribution in [0.15, 0.2) is 12.2 Å². The summed E-state index contributed by atoms with van der Waals surface area (Å²) in [5.74, 6) is -0.918. The van der Waals surface area contributed by atoms with E-state index in [4.69, 9.17) is 4.55 Å². The Labute approximate surface area is 152 Å². The van der Waals surface area contributed by atoms with Gasteiger partial charge in [-0.05, 0) is 32.1 Å². The van der Waals surface area contributed by atoms with Gasteiger partial charge in [-0.25, -0.2) is 0 Å². The van der Waals surface area contributed by atoms with E-state index in [2.05, 4.69) is 23.3 Å². The van der Waals surface area contributed by atoms with E-state index >= 15 is 0 Å². The van der Waals surface area contributed by atoms with Gasteiger partial charge in [-0.2, -0.15) is 8.42 Å². The van der Waals surface area contributed by atoms with E-state index in [9.17, 15) is 18.3 Å². The lowest BCUT2D eigenvalue weighted by atomic mass is 10.1. The molecule has 0 saturated carbocycles. The highest BCUT2D eigenvalue weighted by molar-refractivity contribution is 7.81. The van der Waals surface area contributed by atoms with E-state index in [0.29, 0.717) is 6.42 Å². The third-order valence-corrected chi connectivity index (χ3v) is 4.31. The van der Waals surface area contributed by atoms with Crippen LogP contribution in [-0.4, -0.2) is 30.2 Å². The SMILES string of the molecule is CCCCCCC(O)C/C=C\CCCCCCCC(=O)OS(=O)(=O)O. The first kappa shape index (κ1) is 24.1. The molecule has 0 aromatic rings. The minimum Gasteiger partial charge on any atom is -0.393 e. The van der Waals surface area contributed by atoms with Gasteiger partial charge in [-0.3, -0.25) is 9.35 Å². The van der Waals surface area contributed by atoms with Crippen LogP contribution in [0.2, 0.25) is 0 Å². The van der Waals surface area contributed by atoms with Gasteiger partial charge in [0, 0.05) is 6.42 Å². The summed E-state index contributed by atoms with van der Waals surface area (Å²) in [5.41, 5.74) is 0. The third kappa shape index (κ3) is 19.3. The maximum absolute atomic E-state index is 11.0. The first-order valence-electron chi connectivity index (χ1n) is 9.38. The van der Waals surface area contributed by atoms with Gasteiger partial charge in [-0.15, -0.1) is 0 Å². The molecule has 0 bridgehead atoms. The lowest BCUT2D eigenvalue weighted by Crippen LogP contribution is -2.11. The molecular weight excluding hydrogens is 344 g/mol. The summed E-state index contributed by atoms with van der Waals surface area (Å²) in [4.78, 5) is 11.0. The Morgan fingerprint density at radius 2 is 1.64 bits per heavy atom. The van der Waals surface area contributed by atoms with Crippen molar-refractivity contribution in [1.29, 1.82) is 0 Å². The number of hydrogen-bond acceptors (Lipinski definition) is 5. The summed E-state index contributed by atoms with van der Waals surface area (Å²) >= 11 is 0. The van der Waals surface area contributed by atoms with E-state index in [1.807, 2.05) is 0 Å². The Hall–Kier alpha value is -0.920. The quantitative estimate of drug-likeness (QED) is 0.235. The van der Waals surface area contributed by atoms with Crippen LogP contribution in [0.5, 0.6) is 0 Å². The van der Waals surface area contributed by atoms with Gasteiger partial charge in [0.2, 0.25) is 0 Å². The number of aliphatic hydroxyl groups excluding tert-OH is 1. The zero-order valence-electron chi connectivity index (χ0n) is 15.4. The Kier molecular flexibility index (Phi) is 14.8. The van der Waals surface area contributed by atoms with Crippen molar-refractivity contribution in [2.45, 2.75) is 96.5 Å². The monoisotopic (exact) mass is 378 g/mol. The largest absolute Gasteiger partial charge is 0.448 e. The van der Waals surface area contributed by atoms with Crippen LogP contribution in [0, 0.1) is 0 Å². The van der Waals surface area contributed by atoms with E-state index in [1.54, 1.807) is 0 Å². The van der Waals surface area contributed by atoms with Crippen molar-refractivity contribution in [3.8, 4) is 0 Å². The van der Waals surface area contributed by atoms with Gasteiger partial charge < -0.3 is 9.29 Å². The van der Waals surface area contributed by atoms with E-state index in [1.165, 1.54) is 19.3 Å².